The SMILES string of the molecule is COc1ccc2cc(C(=O)O[C@@H]3C[C@H](C)OC3=O)c(C)nc2c1. The highest BCUT2D eigenvalue weighted by Gasteiger charge is 2.35. The van der Waals surface area contributed by atoms with Gasteiger partial charge in [0, 0.05) is 17.9 Å². The first kappa shape index (κ1) is 15.3. The monoisotopic (exact) mass is 315 g/mol. The highest BCUT2D eigenvalue weighted by molar-refractivity contribution is 5.96. The number of pyridine rings is 1. The molecule has 120 valence electrons. The molecule has 0 unspecified atom stereocenters. The van der Waals surface area contributed by atoms with Crippen LogP contribution in [-0.2, 0) is 14.3 Å². The molecule has 0 aliphatic carbocycles. The Hall–Kier alpha value is -2.63. The average molecular weight is 315 g/mol. The predicted octanol–water partition coefficient (Wildman–Crippen LogP) is 2.41. The topological polar surface area (TPSA) is 74.7 Å². The lowest BCUT2D eigenvalue weighted by atomic mass is 10.1. The number of ether oxygens (including phenoxy) is 3. The van der Waals surface area contributed by atoms with Gasteiger partial charge in [-0.3, -0.25) is 4.98 Å². The molecule has 6 nitrogen and oxygen atoms in total. The molecule has 0 saturated carbocycles. The molecule has 1 aromatic heterocycles. The molecule has 0 amide bonds. The van der Waals surface area contributed by atoms with E-state index in [1.165, 1.54) is 0 Å². The van der Waals surface area contributed by atoms with Gasteiger partial charge in [-0.2, -0.15) is 0 Å². The minimum absolute atomic E-state index is 0.233. The minimum Gasteiger partial charge on any atom is -0.497 e. The maximum atomic E-state index is 12.3. The van der Waals surface area contributed by atoms with Crippen molar-refractivity contribution >= 4 is 22.8 Å². The number of benzene rings is 1. The van der Waals surface area contributed by atoms with Gasteiger partial charge in [0.05, 0.1) is 23.9 Å². The van der Waals surface area contributed by atoms with Gasteiger partial charge in [0.2, 0.25) is 6.10 Å². The van der Waals surface area contributed by atoms with Crippen LogP contribution in [0.2, 0.25) is 0 Å². The van der Waals surface area contributed by atoms with E-state index in [1.54, 1.807) is 39.2 Å². The summed E-state index contributed by atoms with van der Waals surface area (Å²) in [5.41, 5.74) is 1.61. The van der Waals surface area contributed by atoms with Crippen molar-refractivity contribution in [3.63, 3.8) is 0 Å². The Morgan fingerprint density at radius 1 is 1.35 bits per heavy atom. The second kappa shape index (κ2) is 5.87. The van der Waals surface area contributed by atoms with E-state index in [0.29, 0.717) is 23.4 Å². The van der Waals surface area contributed by atoms with Crippen LogP contribution < -0.4 is 4.74 Å². The summed E-state index contributed by atoms with van der Waals surface area (Å²) in [5, 5.41) is 0.797. The van der Waals surface area contributed by atoms with E-state index < -0.39 is 18.0 Å². The van der Waals surface area contributed by atoms with Crippen molar-refractivity contribution in [2.24, 2.45) is 0 Å². The number of methoxy groups -OCH3 is 1. The third-order valence-corrected chi connectivity index (χ3v) is 3.81. The van der Waals surface area contributed by atoms with Crippen LogP contribution >= 0.6 is 0 Å². The lowest BCUT2D eigenvalue weighted by Crippen LogP contribution is -2.23. The number of nitrogens with zero attached hydrogens (tertiary/aromatic N) is 1. The smallest absolute Gasteiger partial charge is 0.347 e. The zero-order chi connectivity index (χ0) is 16.6. The van der Waals surface area contributed by atoms with Gasteiger partial charge in [0.1, 0.15) is 11.9 Å². The third kappa shape index (κ3) is 2.97. The Bertz CT molecular complexity index is 786. The molecule has 3 rings (SSSR count). The molecule has 6 heteroatoms. The molecule has 1 fully saturated rings. The highest BCUT2D eigenvalue weighted by Crippen LogP contribution is 2.24. The van der Waals surface area contributed by atoms with Crippen molar-refractivity contribution < 1.29 is 23.8 Å². The van der Waals surface area contributed by atoms with Crippen LogP contribution in [0.4, 0.5) is 0 Å². The molecule has 2 heterocycles. The first-order valence-corrected chi connectivity index (χ1v) is 7.35. The van der Waals surface area contributed by atoms with Gasteiger partial charge in [0.25, 0.3) is 0 Å². The Kier molecular flexibility index (Phi) is 3.90. The Balaban J connectivity index is 1.88. The summed E-state index contributed by atoms with van der Waals surface area (Å²) in [6, 6.07) is 7.13. The molecule has 0 spiro atoms. The van der Waals surface area contributed by atoms with E-state index in [1.807, 2.05) is 6.07 Å². The largest absolute Gasteiger partial charge is 0.497 e. The van der Waals surface area contributed by atoms with E-state index in [9.17, 15) is 9.59 Å². The summed E-state index contributed by atoms with van der Waals surface area (Å²) in [6.45, 7) is 3.49. The van der Waals surface area contributed by atoms with Crippen molar-refractivity contribution in [1.29, 1.82) is 0 Å². The van der Waals surface area contributed by atoms with Gasteiger partial charge < -0.3 is 14.2 Å². The number of aryl methyl sites for hydroxylation is 1. The predicted molar refractivity (Wildman–Crippen MR) is 82.4 cm³/mol. The molecule has 1 aliphatic heterocycles. The Morgan fingerprint density at radius 2 is 2.13 bits per heavy atom. The van der Waals surface area contributed by atoms with Gasteiger partial charge in [0.15, 0.2) is 0 Å². The van der Waals surface area contributed by atoms with Crippen LogP contribution in [0, 0.1) is 6.92 Å². The second-order valence-corrected chi connectivity index (χ2v) is 5.56. The van der Waals surface area contributed by atoms with Crippen LogP contribution in [0.3, 0.4) is 0 Å². The van der Waals surface area contributed by atoms with Crippen LogP contribution in [0.25, 0.3) is 10.9 Å². The third-order valence-electron chi connectivity index (χ3n) is 3.81. The minimum atomic E-state index is -0.844. The fraction of sp³-hybridized carbons (Fsp3) is 0.353. The van der Waals surface area contributed by atoms with Gasteiger partial charge in [-0.15, -0.1) is 0 Å². The number of cyclic esters (lactones) is 1. The van der Waals surface area contributed by atoms with Crippen LogP contribution in [0.15, 0.2) is 24.3 Å². The van der Waals surface area contributed by atoms with E-state index in [2.05, 4.69) is 4.98 Å². The first-order chi connectivity index (χ1) is 11.0. The number of esters is 2. The molecule has 1 saturated heterocycles. The Morgan fingerprint density at radius 3 is 2.78 bits per heavy atom. The summed E-state index contributed by atoms with van der Waals surface area (Å²) in [5.74, 6) is -0.367. The fourth-order valence-corrected chi connectivity index (χ4v) is 2.59. The molecular weight excluding hydrogens is 298 g/mol. The summed E-state index contributed by atoms with van der Waals surface area (Å²) < 4.78 is 15.4. The molecule has 1 aromatic carbocycles. The summed E-state index contributed by atoms with van der Waals surface area (Å²) in [6.07, 6.45) is -0.700. The average Bonchev–Trinajstić information content (AvgIpc) is 2.83. The van der Waals surface area contributed by atoms with Crippen molar-refractivity contribution in [2.75, 3.05) is 7.11 Å². The number of fused-ring (bicyclic) bond motifs is 1. The number of carbonyl (C=O) groups is 2. The molecular formula is C17H17NO5. The van der Waals surface area contributed by atoms with Gasteiger partial charge in [-0.05, 0) is 32.0 Å². The van der Waals surface area contributed by atoms with Gasteiger partial charge >= 0.3 is 11.9 Å². The zero-order valence-corrected chi connectivity index (χ0v) is 13.2. The van der Waals surface area contributed by atoms with Crippen molar-refractivity contribution in [1.82, 2.24) is 4.98 Å². The highest BCUT2D eigenvalue weighted by atomic mass is 16.6. The van der Waals surface area contributed by atoms with Gasteiger partial charge in [-0.1, -0.05) is 0 Å². The number of carbonyl (C=O) groups excluding carboxylic acids is 2. The number of aromatic nitrogens is 1. The summed E-state index contributed by atoms with van der Waals surface area (Å²) >= 11 is 0. The Labute approximate surface area is 133 Å². The van der Waals surface area contributed by atoms with Crippen LogP contribution in [0.1, 0.15) is 29.4 Å². The molecule has 2 aromatic rings. The summed E-state index contributed by atoms with van der Waals surface area (Å²) in [4.78, 5) is 28.4. The van der Waals surface area contributed by atoms with E-state index >= 15 is 0 Å². The van der Waals surface area contributed by atoms with Crippen molar-refractivity contribution in [2.45, 2.75) is 32.5 Å². The van der Waals surface area contributed by atoms with Crippen molar-refractivity contribution in [3.8, 4) is 5.75 Å². The lowest BCUT2D eigenvalue weighted by Gasteiger charge is -2.11. The zero-order valence-electron chi connectivity index (χ0n) is 13.2. The molecule has 0 N–H and O–H groups in total. The molecule has 2 atom stereocenters. The lowest BCUT2D eigenvalue weighted by molar-refractivity contribution is -0.147. The van der Waals surface area contributed by atoms with Crippen molar-refractivity contribution in [3.05, 3.63) is 35.5 Å². The normalized spacial score (nSPS) is 20.4. The molecule has 0 bridgehead atoms. The second-order valence-electron chi connectivity index (χ2n) is 5.56. The fourth-order valence-electron chi connectivity index (χ4n) is 2.59. The van der Waals surface area contributed by atoms with E-state index in [-0.39, 0.29) is 6.10 Å². The van der Waals surface area contributed by atoms with E-state index in [4.69, 9.17) is 14.2 Å². The molecule has 23 heavy (non-hydrogen) atoms. The molecule has 0 radical (unpaired) electrons. The number of hydrogen-bond donors (Lipinski definition) is 0. The van der Waals surface area contributed by atoms with Crippen LogP contribution in [-0.4, -0.2) is 36.2 Å². The quantitative estimate of drug-likeness (QED) is 0.810. The standard InChI is InChI=1S/C17H17NO5/c1-9-6-15(17(20)22-9)23-16(19)13-7-11-4-5-12(21-3)8-14(11)18-10(13)2/h4-5,7-9,15H,6H2,1-3H3/t9-,15+/m0/s1. The van der Waals surface area contributed by atoms with Gasteiger partial charge in [-0.25, -0.2) is 9.59 Å². The number of rotatable bonds is 3. The maximum Gasteiger partial charge on any atom is 0.347 e. The maximum absolute atomic E-state index is 12.3. The number of hydrogen-bond acceptors (Lipinski definition) is 6. The van der Waals surface area contributed by atoms with Crippen LogP contribution in [0.5, 0.6) is 5.75 Å². The van der Waals surface area contributed by atoms with E-state index in [0.717, 1.165) is 10.9 Å². The summed E-state index contributed by atoms with van der Waals surface area (Å²) in [7, 11) is 1.58. The molecule has 1 aliphatic rings. The first-order valence-electron chi connectivity index (χ1n) is 7.35.